The number of nitrogens with one attached hydrogen (secondary N) is 1. The average molecular weight is 345 g/mol. The highest BCUT2D eigenvalue weighted by molar-refractivity contribution is 5.85. The van der Waals surface area contributed by atoms with Crippen molar-refractivity contribution >= 4 is 18.4 Å². The monoisotopic (exact) mass is 344 g/mol. The van der Waals surface area contributed by atoms with Crippen molar-refractivity contribution in [2.24, 2.45) is 0 Å². The zero-order chi connectivity index (χ0) is 16.3. The highest BCUT2D eigenvalue weighted by atomic mass is 35.5. The van der Waals surface area contributed by atoms with Crippen LogP contribution in [0.5, 0.6) is 0 Å². The van der Waals surface area contributed by atoms with Gasteiger partial charge < -0.3 is 10.1 Å². The first kappa shape index (κ1) is 19.9. The van der Waals surface area contributed by atoms with Crippen LogP contribution in [0.3, 0.4) is 0 Å². The van der Waals surface area contributed by atoms with Crippen molar-refractivity contribution < 1.29 is 9.53 Å². The summed E-state index contributed by atoms with van der Waals surface area (Å²) in [5.41, 5.74) is 3.29. The van der Waals surface area contributed by atoms with Crippen molar-refractivity contribution in [1.82, 2.24) is 20.0 Å². The molecule has 0 saturated carbocycles. The number of esters is 1. The Bertz CT molecular complexity index is 530. The van der Waals surface area contributed by atoms with E-state index in [9.17, 15) is 4.79 Å². The number of hydrogen-bond donors (Lipinski definition) is 1. The van der Waals surface area contributed by atoms with Crippen LogP contribution in [0.2, 0.25) is 0 Å². The summed E-state index contributed by atoms with van der Waals surface area (Å²) in [6.07, 6.45) is -0.0914. The van der Waals surface area contributed by atoms with Crippen molar-refractivity contribution in [3.05, 3.63) is 17.0 Å². The Labute approximate surface area is 145 Å². The van der Waals surface area contributed by atoms with Crippen LogP contribution in [-0.2, 0) is 22.6 Å². The third-order valence-corrected chi connectivity index (χ3v) is 4.01. The van der Waals surface area contributed by atoms with Gasteiger partial charge in [-0.2, -0.15) is 5.10 Å². The van der Waals surface area contributed by atoms with E-state index in [1.54, 1.807) is 4.68 Å². The molecular formula is C16H29ClN4O2. The number of piperazine rings is 1. The van der Waals surface area contributed by atoms with E-state index in [1.165, 1.54) is 5.56 Å². The Morgan fingerprint density at radius 3 is 2.74 bits per heavy atom. The lowest BCUT2D eigenvalue weighted by Crippen LogP contribution is -2.48. The Hall–Kier alpha value is -1.11. The van der Waals surface area contributed by atoms with Gasteiger partial charge in [0.1, 0.15) is 6.54 Å². The van der Waals surface area contributed by atoms with Gasteiger partial charge in [0, 0.05) is 43.5 Å². The first-order valence-electron chi connectivity index (χ1n) is 8.05. The molecule has 1 aliphatic heterocycles. The molecule has 0 bridgehead atoms. The molecule has 1 aromatic heterocycles. The largest absolute Gasteiger partial charge is 0.462 e. The van der Waals surface area contributed by atoms with Crippen LogP contribution in [0.25, 0.3) is 0 Å². The summed E-state index contributed by atoms with van der Waals surface area (Å²) in [5.74, 6) is -0.233. The maximum atomic E-state index is 11.8. The summed E-state index contributed by atoms with van der Waals surface area (Å²) < 4.78 is 6.97. The van der Waals surface area contributed by atoms with Crippen LogP contribution in [0, 0.1) is 13.8 Å². The number of aromatic nitrogens is 2. The van der Waals surface area contributed by atoms with Gasteiger partial charge in [0.2, 0.25) is 0 Å². The summed E-state index contributed by atoms with van der Waals surface area (Å²) in [6, 6.07) is 0.519. The Morgan fingerprint density at radius 1 is 1.43 bits per heavy atom. The third kappa shape index (κ3) is 5.48. The average Bonchev–Trinajstić information content (AvgIpc) is 2.65. The summed E-state index contributed by atoms with van der Waals surface area (Å²) in [5, 5.41) is 7.97. The fraction of sp³-hybridized carbons (Fsp3) is 0.750. The fourth-order valence-corrected chi connectivity index (χ4v) is 2.92. The van der Waals surface area contributed by atoms with Crippen LogP contribution in [0.4, 0.5) is 0 Å². The summed E-state index contributed by atoms with van der Waals surface area (Å²) in [6.45, 7) is 14.1. The summed E-state index contributed by atoms with van der Waals surface area (Å²) in [4.78, 5) is 14.3. The molecule has 1 N–H and O–H groups in total. The van der Waals surface area contributed by atoms with Crippen LogP contribution < -0.4 is 5.32 Å². The molecule has 23 heavy (non-hydrogen) atoms. The predicted octanol–water partition coefficient (Wildman–Crippen LogP) is 1.67. The zero-order valence-corrected chi connectivity index (χ0v) is 15.6. The maximum Gasteiger partial charge on any atom is 0.328 e. The highest BCUT2D eigenvalue weighted by Crippen LogP contribution is 2.17. The lowest BCUT2D eigenvalue weighted by Gasteiger charge is -2.31. The molecule has 6 nitrogen and oxygen atoms in total. The first-order valence-corrected chi connectivity index (χ1v) is 8.05. The number of aryl methyl sites for hydroxylation is 1. The van der Waals surface area contributed by atoms with E-state index in [2.05, 4.69) is 22.2 Å². The van der Waals surface area contributed by atoms with Gasteiger partial charge in [-0.1, -0.05) is 0 Å². The molecule has 2 rings (SSSR count). The van der Waals surface area contributed by atoms with Gasteiger partial charge in [0.25, 0.3) is 0 Å². The summed E-state index contributed by atoms with van der Waals surface area (Å²) >= 11 is 0. The van der Waals surface area contributed by atoms with Gasteiger partial charge in [0.05, 0.1) is 11.8 Å². The van der Waals surface area contributed by atoms with E-state index in [1.807, 2.05) is 27.7 Å². The molecule has 1 unspecified atom stereocenters. The number of rotatable bonds is 5. The van der Waals surface area contributed by atoms with Crippen molar-refractivity contribution in [3.8, 4) is 0 Å². The van der Waals surface area contributed by atoms with Gasteiger partial charge in [0.15, 0.2) is 0 Å². The molecule has 0 amide bonds. The lowest BCUT2D eigenvalue weighted by atomic mass is 10.1. The molecule has 1 atom stereocenters. The molecule has 1 fully saturated rings. The van der Waals surface area contributed by atoms with E-state index >= 15 is 0 Å². The normalized spacial score (nSPS) is 18.8. The molecule has 1 aliphatic rings. The van der Waals surface area contributed by atoms with Crippen molar-refractivity contribution in [2.75, 3.05) is 19.6 Å². The minimum absolute atomic E-state index is 0. The number of halogens is 1. The molecular weight excluding hydrogens is 316 g/mol. The number of ether oxygens (including phenoxy) is 1. The summed E-state index contributed by atoms with van der Waals surface area (Å²) in [7, 11) is 0. The van der Waals surface area contributed by atoms with Crippen LogP contribution in [0.1, 0.15) is 37.7 Å². The lowest BCUT2D eigenvalue weighted by molar-refractivity contribution is -0.148. The van der Waals surface area contributed by atoms with E-state index in [-0.39, 0.29) is 31.0 Å². The molecule has 0 spiro atoms. The standard InChI is InChI=1S/C16H28N4O2.ClH/c1-11(2)22-16(21)10-20-14(5)15(13(4)18-20)9-19-7-6-17-12(3)8-19;/h11-12,17H,6-10H2,1-5H3;1H. The number of nitrogens with zero attached hydrogens (tertiary/aromatic N) is 3. The van der Waals surface area contributed by atoms with Crippen LogP contribution in [-0.4, -0.2) is 52.4 Å². The van der Waals surface area contributed by atoms with Crippen molar-refractivity contribution in [3.63, 3.8) is 0 Å². The van der Waals surface area contributed by atoms with E-state index < -0.39 is 0 Å². The Balaban J connectivity index is 0.00000264. The van der Waals surface area contributed by atoms with Gasteiger partial charge in [-0.15, -0.1) is 12.4 Å². The third-order valence-electron chi connectivity index (χ3n) is 4.01. The molecule has 1 aromatic rings. The minimum atomic E-state index is -0.233. The topological polar surface area (TPSA) is 59.4 Å². The van der Waals surface area contributed by atoms with Gasteiger partial charge in [-0.3, -0.25) is 14.4 Å². The maximum absolute atomic E-state index is 11.8. The number of carbonyl (C=O) groups excluding carboxylic acids is 1. The Morgan fingerprint density at radius 2 is 2.13 bits per heavy atom. The second-order valence-corrected chi connectivity index (χ2v) is 6.44. The number of hydrogen-bond acceptors (Lipinski definition) is 5. The van der Waals surface area contributed by atoms with E-state index in [0.717, 1.165) is 37.6 Å². The second kappa shape index (κ2) is 8.66. The molecule has 1 saturated heterocycles. The van der Waals surface area contributed by atoms with E-state index in [4.69, 9.17) is 4.74 Å². The molecule has 0 aromatic carbocycles. The molecule has 7 heteroatoms. The quantitative estimate of drug-likeness (QED) is 0.823. The fourth-order valence-electron chi connectivity index (χ4n) is 2.92. The van der Waals surface area contributed by atoms with Gasteiger partial charge >= 0.3 is 5.97 Å². The van der Waals surface area contributed by atoms with Crippen molar-refractivity contribution in [1.29, 1.82) is 0 Å². The molecule has 0 radical (unpaired) electrons. The van der Waals surface area contributed by atoms with Gasteiger partial charge in [-0.25, -0.2) is 0 Å². The second-order valence-electron chi connectivity index (χ2n) is 6.44. The van der Waals surface area contributed by atoms with E-state index in [0.29, 0.717) is 6.04 Å². The Kier molecular flexibility index (Phi) is 7.51. The molecule has 0 aliphatic carbocycles. The van der Waals surface area contributed by atoms with Crippen molar-refractivity contribution in [2.45, 2.75) is 59.9 Å². The predicted molar refractivity (Wildman–Crippen MR) is 92.9 cm³/mol. The number of carbonyl (C=O) groups is 1. The van der Waals surface area contributed by atoms with Crippen LogP contribution in [0.15, 0.2) is 0 Å². The minimum Gasteiger partial charge on any atom is -0.462 e. The zero-order valence-electron chi connectivity index (χ0n) is 14.8. The molecule has 132 valence electrons. The van der Waals surface area contributed by atoms with Gasteiger partial charge in [-0.05, 0) is 34.6 Å². The molecule has 2 heterocycles. The highest BCUT2D eigenvalue weighted by Gasteiger charge is 2.20. The smallest absolute Gasteiger partial charge is 0.328 e. The first-order chi connectivity index (χ1) is 10.4. The van der Waals surface area contributed by atoms with Crippen LogP contribution >= 0.6 is 12.4 Å². The SMILES string of the molecule is Cc1nn(CC(=O)OC(C)C)c(C)c1CN1CCNC(C)C1.Cl.